The Morgan fingerprint density at radius 2 is 1.61 bits per heavy atom. The molecule has 5 rings (SSSR count). The summed E-state index contributed by atoms with van der Waals surface area (Å²) in [7, 11) is 0. The van der Waals surface area contributed by atoms with Crippen molar-refractivity contribution >= 4 is 0 Å². The van der Waals surface area contributed by atoms with Crippen molar-refractivity contribution in [3.63, 3.8) is 0 Å². The summed E-state index contributed by atoms with van der Waals surface area (Å²) in [6.45, 7) is 3.38. The fourth-order valence-electron chi connectivity index (χ4n) is 4.84. The largest absolute Gasteiger partial charge is 0.440 e. The van der Waals surface area contributed by atoms with Crippen LogP contribution in [0.15, 0.2) is 57.9 Å². The zero-order valence-electron chi connectivity index (χ0n) is 19.5. The lowest BCUT2D eigenvalue weighted by Crippen LogP contribution is -2.18. The van der Waals surface area contributed by atoms with Gasteiger partial charge >= 0.3 is 0 Å². The van der Waals surface area contributed by atoms with Crippen LogP contribution in [0.5, 0.6) is 0 Å². The van der Waals surface area contributed by atoms with Crippen LogP contribution in [0.2, 0.25) is 0 Å². The van der Waals surface area contributed by atoms with Crippen molar-refractivity contribution in [2.75, 3.05) is 0 Å². The van der Waals surface area contributed by atoms with E-state index in [1.54, 1.807) is 13.8 Å². The first-order chi connectivity index (χ1) is 17.1. The van der Waals surface area contributed by atoms with Crippen LogP contribution in [0, 0.1) is 31.3 Å². The van der Waals surface area contributed by atoms with Gasteiger partial charge in [0.1, 0.15) is 23.1 Å². The Morgan fingerprint density at radius 3 is 2.25 bits per heavy atom. The minimum atomic E-state index is -0.942. The van der Waals surface area contributed by atoms with Crippen molar-refractivity contribution in [1.82, 2.24) is 9.55 Å². The predicted molar refractivity (Wildman–Crippen MR) is 126 cm³/mol. The van der Waals surface area contributed by atoms with Gasteiger partial charge in [-0.1, -0.05) is 0 Å². The van der Waals surface area contributed by atoms with Crippen LogP contribution in [-0.4, -0.2) is 32.0 Å². The molecule has 186 valence electrons. The number of hydrogen-bond acceptors (Lipinski definition) is 5. The molecule has 0 aliphatic heterocycles. The second kappa shape index (κ2) is 9.07. The standard InChI is InChI=1S/C27H23F3N2O4/c1-13-7-18(29)8-14(2)25(13)32-12-15(3-6-23(32)35)24-26(19-5-4-17(28)11-20(19)30)36-27(31-24)16-9-21(33)22(34)10-16/h3-8,11-12,16,21-22,33-34H,9-10H2,1-2H3/t21-,22-/m1/s1. The maximum Gasteiger partial charge on any atom is 0.255 e. The quantitative estimate of drug-likeness (QED) is 0.424. The average Bonchev–Trinajstić information content (AvgIpc) is 3.38. The number of aryl methyl sites for hydroxylation is 2. The van der Waals surface area contributed by atoms with E-state index in [1.165, 1.54) is 41.1 Å². The highest BCUT2D eigenvalue weighted by atomic mass is 19.1. The highest BCUT2D eigenvalue weighted by molar-refractivity contribution is 5.77. The summed E-state index contributed by atoms with van der Waals surface area (Å²) in [5, 5.41) is 20.0. The average molecular weight is 496 g/mol. The van der Waals surface area contributed by atoms with Crippen molar-refractivity contribution in [3.05, 3.63) is 93.5 Å². The summed E-state index contributed by atoms with van der Waals surface area (Å²) in [6, 6.07) is 8.55. The molecule has 1 aliphatic rings. The highest BCUT2D eigenvalue weighted by Crippen LogP contribution is 2.41. The fourth-order valence-corrected chi connectivity index (χ4v) is 4.84. The van der Waals surface area contributed by atoms with Crippen LogP contribution in [0.25, 0.3) is 28.3 Å². The first kappa shape index (κ1) is 24.0. The van der Waals surface area contributed by atoms with E-state index in [0.717, 1.165) is 12.1 Å². The molecule has 0 radical (unpaired) electrons. The van der Waals surface area contributed by atoms with Gasteiger partial charge in [-0.05, 0) is 68.1 Å². The Bertz CT molecular complexity index is 1490. The zero-order chi connectivity index (χ0) is 25.7. The number of benzene rings is 2. The first-order valence-electron chi connectivity index (χ1n) is 11.4. The molecule has 6 nitrogen and oxygen atoms in total. The summed E-state index contributed by atoms with van der Waals surface area (Å²) in [5.41, 5.74) is 1.82. The number of aliphatic hydroxyl groups is 2. The van der Waals surface area contributed by atoms with Gasteiger partial charge < -0.3 is 14.6 Å². The molecular formula is C27H23F3N2O4. The second-order valence-electron chi connectivity index (χ2n) is 9.17. The molecule has 2 atom stereocenters. The van der Waals surface area contributed by atoms with Gasteiger partial charge in [0.25, 0.3) is 5.56 Å². The minimum Gasteiger partial charge on any atom is -0.440 e. The lowest BCUT2D eigenvalue weighted by Gasteiger charge is -2.14. The molecule has 2 aromatic carbocycles. The topological polar surface area (TPSA) is 88.5 Å². The van der Waals surface area contributed by atoms with Crippen molar-refractivity contribution < 1.29 is 27.8 Å². The molecule has 0 saturated heterocycles. The third-order valence-corrected chi connectivity index (χ3v) is 6.55. The summed E-state index contributed by atoms with van der Waals surface area (Å²) >= 11 is 0. The van der Waals surface area contributed by atoms with E-state index in [2.05, 4.69) is 4.98 Å². The summed E-state index contributed by atoms with van der Waals surface area (Å²) < 4.78 is 49.6. The van der Waals surface area contributed by atoms with Gasteiger partial charge in [-0.15, -0.1) is 0 Å². The van der Waals surface area contributed by atoms with Crippen molar-refractivity contribution in [3.8, 4) is 28.3 Å². The molecule has 1 aliphatic carbocycles. The molecule has 36 heavy (non-hydrogen) atoms. The monoisotopic (exact) mass is 496 g/mol. The van der Waals surface area contributed by atoms with Gasteiger partial charge in [0.05, 0.1) is 23.5 Å². The van der Waals surface area contributed by atoms with E-state index in [9.17, 15) is 28.2 Å². The van der Waals surface area contributed by atoms with E-state index >= 15 is 0 Å². The Labute approximate surface area is 204 Å². The van der Waals surface area contributed by atoms with Crippen LogP contribution in [0.1, 0.15) is 35.8 Å². The Hall–Kier alpha value is -3.69. The van der Waals surface area contributed by atoms with Crippen molar-refractivity contribution in [1.29, 1.82) is 0 Å². The number of hydrogen-bond donors (Lipinski definition) is 2. The summed E-state index contributed by atoms with van der Waals surface area (Å²) in [6.07, 6.45) is 0.0470. The van der Waals surface area contributed by atoms with Gasteiger partial charge in [0, 0.05) is 29.8 Å². The predicted octanol–water partition coefficient (Wildman–Crippen LogP) is 4.79. The van der Waals surface area contributed by atoms with E-state index in [0.29, 0.717) is 22.4 Å². The van der Waals surface area contributed by atoms with Gasteiger partial charge in [0.15, 0.2) is 11.7 Å². The zero-order valence-corrected chi connectivity index (χ0v) is 19.5. The molecule has 2 N–H and O–H groups in total. The molecule has 4 aromatic rings. The lowest BCUT2D eigenvalue weighted by atomic mass is 10.1. The third kappa shape index (κ3) is 4.25. The van der Waals surface area contributed by atoms with Gasteiger partial charge in [-0.2, -0.15) is 0 Å². The molecule has 9 heteroatoms. The molecule has 1 fully saturated rings. The molecule has 0 bridgehead atoms. The molecule has 1 saturated carbocycles. The van der Waals surface area contributed by atoms with E-state index in [1.807, 2.05) is 0 Å². The lowest BCUT2D eigenvalue weighted by molar-refractivity contribution is 0.0438. The van der Waals surface area contributed by atoms with E-state index in [-0.39, 0.29) is 41.3 Å². The van der Waals surface area contributed by atoms with Crippen molar-refractivity contribution in [2.24, 2.45) is 0 Å². The summed E-state index contributed by atoms with van der Waals surface area (Å²) in [5.74, 6) is -2.24. The summed E-state index contributed by atoms with van der Waals surface area (Å²) in [4.78, 5) is 17.4. The van der Waals surface area contributed by atoms with Crippen LogP contribution in [0.4, 0.5) is 13.2 Å². The smallest absolute Gasteiger partial charge is 0.255 e. The number of halogens is 3. The Kier molecular flexibility index (Phi) is 6.05. The first-order valence-corrected chi connectivity index (χ1v) is 11.4. The molecular weight excluding hydrogens is 473 g/mol. The SMILES string of the molecule is Cc1cc(F)cc(C)c1-n1cc(-c2nc(C3C[C@@H](O)[C@H](O)C3)oc2-c2ccc(F)cc2F)ccc1=O. The second-order valence-corrected chi connectivity index (χ2v) is 9.17. The van der Waals surface area contributed by atoms with Crippen LogP contribution in [0.3, 0.4) is 0 Å². The maximum absolute atomic E-state index is 14.8. The van der Waals surface area contributed by atoms with E-state index in [4.69, 9.17) is 4.42 Å². The van der Waals surface area contributed by atoms with E-state index < -0.39 is 35.6 Å². The number of rotatable bonds is 4. The van der Waals surface area contributed by atoms with Crippen LogP contribution < -0.4 is 5.56 Å². The molecule has 2 aromatic heterocycles. The van der Waals surface area contributed by atoms with Gasteiger partial charge in [-0.3, -0.25) is 9.36 Å². The maximum atomic E-state index is 14.8. The molecule has 0 spiro atoms. The number of nitrogens with zero attached hydrogens (tertiary/aromatic N) is 2. The molecule has 2 heterocycles. The molecule has 0 amide bonds. The Morgan fingerprint density at radius 1 is 0.944 bits per heavy atom. The minimum absolute atomic E-state index is 0.0242. The normalized spacial score (nSPS) is 18.2. The van der Waals surface area contributed by atoms with Crippen molar-refractivity contribution in [2.45, 2.75) is 44.8 Å². The number of oxazole rings is 1. The Balaban J connectivity index is 1.70. The number of aliphatic hydroxyl groups excluding tert-OH is 2. The van der Waals surface area contributed by atoms with Gasteiger partial charge in [-0.25, -0.2) is 18.2 Å². The molecule has 0 unspecified atom stereocenters. The third-order valence-electron chi connectivity index (χ3n) is 6.55. The number of pyridine rings is 1. The number of aromatic nitrogens is 2. The highest BCUT2D eigenvalue weighted by Gasteiger charge is 2.36. The van der Waals surface area contributed by atoms with Crippen LogP contribution >= 0.6 is 0 Å². The van der Waals surface area contributed by atoms with Crippen LogP contribution in [-0.2, 0) is 0 Å². The fraction of sp³-hybridized carbons (Fsp3) is 0.259. The van der Waals surface area contributed by atoms with Gasteiger partial charge in [0.2, 0.25) is 0 Å².